The fourth-order valence-corrected chi connectivity index (χ4v) is 3.85. The first kappa shape index (κ1) is 22.6. The van der Waals surface area contributed by atoms with E-state index >= 15 is 0 Å². The molecule has 3 aromatic carbocycles. The van der Waals surface area contributed by atoms with Crippen molar-refractivity contribution < 1.29 is 18.7 Å². The van der Waals surface area contributed by atoms with Crippen molar-refractivity contribution in [2.75, 3.05) is 19.0 Å². The minimum atomic E-state index is -0.424. The van der Waals surface area contributed by atoms with E-state index in [1.54, 1.807) is 55.6 Å². The number of ether oxygens (including phenoxy) is 1. The molecule has 2 amide bonds. The van der Waals surface area contributed by atoms with Crippen molar-refractivity contribution in [3.63, 3.8) is 0 Å². The molecule has 0 saturated carbocycles. The number of rotatable bonds is 7. The van der Waals surface area contributed by atoms with Crippen LogP contribution in [0.1, 0.15) is 16.7 Å². The molecule has 0 fully saturated rings. The van der Waals surface area contributed by atoms with E-state index < -0.39 is 11.8 Å². The molecule has 0 radical (unpaired) electrons. The Balaban J connectivity index is 1.68. The summed E-state index contributed by atoms with van der Waals surface area (Å²) >= 11 is 6.15. The topological polar surface area (TPSA) is 58.6 Å². The fourth-order valence-electron chi connectivity index (χ4n) is 3.68. The Labute approximate surface area is 196 Å². The van der Waals surface area contributed by atoms with E-state index in [-0.39, 0.29) is 23.6 Å². The van der Waals surface area contributed by atoms with Crippen molar-refractivity contribution in [3.8, 4) is 5.75 Å². The van der Waals surface area contributed by atoms with Crippen LogP contribution in [0.5, 0.6) is 5.75 Å². The van der Waals surface area contributed by atoms with Crippen LogP contribution in [0.4, 0.5) is 10.1 Å². The molecule has 7 heteroatoms. The predicted octanol–water partition coefficient (Wildman–Crippen LogP) is 5.23. The average Bonchev–Trinajstić information content (AvgIpc) is 3.05. The number of aryl methyl sites for hydroxylation is 1. The third-order valence-electron chi connectivity index (χ3n) is 5.54. The second-order valence-electron chi connectivity index (χ2n) is 7.70. The van der Waals surface area contributed by atoms with Gasteiger partial charge >= 0.3 is 0 Å². The Kier molecular flexibility index (Phi) is 6.47. The molecule has 0 atom stereocenters. The molecule has 0 unspecified atom stereocenters. The maximum atomic E-state index is 13.4. The van der Waals surface area contributed by atoms with Crippen molar-refractivity contribution >= 4 is 34.7 Å². The van der Waals surface area contributed by atoms with Gasteiger partial charge in [-0.3, -0.25) is 14.5 Å². The quantitative estimate of drug-likeness (QED) is 0.486. The normalized spacial score (nSPS) is 13.6. The minimum absolute atomic E-state index is 0.169. The molecule has 1 heterocycles. The summed E-state index contributed by atoms with van der Waals surface area (Å²) in [6.45, 7) is 2.06. The molecule has 0 saturated heterocycles. The van der Waals surface area contributed by atoms with Gasteiger partial charge in [0.25, 0.3) is 11.8 Å². The standard InChI is InChI=1S/C26H22ClFN2O3/c1-16-3-8-19(27)15-22(16)29-24-23(18-6-11-21(33-2)12-7-18)25(31)30(26(24)32)14-13-17-4-9-20(28)10-5-17/h3-12,15,29H,13-14H2,1-2H3. The highest BCUT2D eigenvalue weighted by Gasteiger charge is 2.39. The van der Waals surface area contributed by atoms with E-state index in [9.17, 15) is 14.0 Å². The molecule has 1 N–H and O–H groups in total. The molecule has 1 aliphatic rings. The van der Waals surface area contributed by atoms with Gasteiger partial charge in [0.2, 0.25) is 0 Å². The number of carbonyl (C=O) groups is 2. The van der Waals surface area contributed by atoms with Crippen LogP contribution in [0.15, 0.2) is 72.4 Å². The van der Waals surface area contributed by atoms with Crippen LogP contribution in [0.2, 0.25) is 5.02 Å². The zero-order chi connectivity index (χ0) is 23.5. The average molecular weight is 465 g/mol. The number of carbonyl (C=O) groups excluding carboxylic acids is 2. The Morgan fingerprint density at radius 2 is 1.67 bits per heavy atom. The highest BCUT2D eigenvalue weighted by Crippen LogP contribution is 2.33. The first-order valence-corrected chi connectivity index (χ1v) is 10.8. The van der Waals surface area contributed by atoms with Crippen LogP contribution >= 0.6 is 11.6 Å². The summed E-state index contributed by atoms with van der Waals surface area (Å²) in [6.07, 6.45) is 0.414. The lowest BCUT2D eigenvalue weighted by Gasteiger charge is -2.16. The molecule has 5 nitrogen and oxygen atoms in total. The van der Waals surface area contributed by atoms with E-state index in [0.29, 0.717) is 28.4 Å². The zero-order valence-electron chi connectivity index (χ0n) is 18.2. The van der Waals surface area contributed by atoms with Crippen molar-refractivity contribution in [1.82, 2.24) is 4.90 Å². The van der Waals surface area contributed by atoms with Crippen LogP contribution in [-0.4, -0.2) is 30.4 Å². The number of nitrogens with one attached hydrogen (secondary N) is 1. The maximum Gasteiger partial charge on any atom is 0.278 e. The van der Waals surface area contributed by atoms with Crippen molar-refractivity contribution in [2.45, 2.75) is 13.3 Å². The third kappa shape index (κ3) is 4.76. The lowest BCUT2D eigenvalue weighted by atomic mass is 10.0. The maximum absolute atomic E-state index is 13.4. The van der Waals surface area contributed by atoms with Gasteiger partial charge in [-0.25, -0.2) is 4.39 Å². The van der Waals surface area contributed by atoms with E-state index in [1.807, 2.05) is 13.0 Å². The van der Waals surface area contributed by atoms with Crippen molar-refractivity contribution in [1.29, 1.82) is 0 Å². The van der Waals surface area contributed by atoms with Gasteiger partial charge in [-0.15, -0.1) is 0 Å². The van der Waals surface area contributed by atoms with Gasteiger partial charge in [0, 0.05) is 17.3 Å². The van der Waals surface area contributed by atoms with Crippen LogP contribution in [0.25, 0.3) is 5.57 Å². The molecule has 0 bridgehead atoms. The van der Waals surface area contributed by atoms with E-state index in [4.69, 9.17) is 16.3 Å². The van der Waals surface area contributed by atoms with Gasteiger partial charge in [0.1, 0.15) is 17.3 Å². The number of benzene rings is 3. The SMILES string of the molecule is COc1ccc(C2=C(Nc3cc(Cl)ccc3C)C(=O)N(CCc3ccc(F)cc3)C2=O)cc1. The summed E-state index contributed by atoms with van der Waals surface area (Å²) in [6, 6.07) is 18.3. The number of anilines is 1. The molecule has 168 valence electrons. The number of hydrogen-bond donors (Lipinski definition) is 1. The van der Waals surface area contributed by atoms with Crippen molar-refractivity contribution in [2.24, 2.45) is 0 Å². The summed E-state index contributed by atoms with van der Waals surface area (Å²) in [7, 11) is 1.56. The Morgan fingerprint density at radius 1 is 0.970 bits per heavy atom. The van der Waals surface area contributed by atoms with Gasteiger partial charge in [-0.2, -0.15) is 0 Å². The summed E-state index contributed by atoms with van der Waals surface area (Å²) in [5.41, 5.74) is 3.42. The molecule has 3 aromatic rings. The fraction of sp³-hybridized carbons (Fsp3) is 0.154. The van der Waals surface area contributed by atoms with Crippen LogP contribution in [0, 0.1) is 12.7 Å². The second-order valence-corrected chi connectivity index (χ2v) is 8.14. The van der Waals surface area contributed by atoms with E-state index in [1.165, 1.54) is 17.0 Å². The monoisotopic (exact) mass is 464 g/mol. The lowest BCUT2D eigenvalue weighted by Crippen LogP contribution is -2.34. The van der Waals surface area contributed by atoms with Crippen molar-refractivity contribution in [3.05, 3.63) is 100.0 Å². The molecule has 0 aromatic heterocycles. The Hall–Kier alpha value is -3.64. The van der Waals surface area contributed by atoms with Crippen LogP contribution in [0.3, 0.4) is 0 Å². The number of halogens is 2. The Morgan fingerprint density at radius 3 is 2.33 bits per heavy atom. The van der Waals surface area contributed by atoms with Gasteiger partial charge in [-0.1, -0.05) is 41.9 Å². The molecular formula is C26H22ClFN2O3. The van der Waals surface area contributed by atoms with Gasteiger partial charge in [0.15, 0.2) is 0 Å². The first-order chi connectivity index (χ1) is 15.9. The largest absolute Gasteiger partial charge is 0.497 e. The third-order valence-corrected chi connectivity index (χ3v) is 5.78. The summed E-state index contributed by atoms with van der Waals surface area (Å²) in [5.74, 6) is -0.509. The molecule has 0 spiro atoms. The highest BCUT2D eigenvalue weighted by molar-refractivity contribution is 6.36. The summed E-state index contributed by atoms with van der Waals surface area (Å²) < 4.78 is 18.4. The van der Waals surface area contributed by atoms with E-state index in [0.717, 1.165) is 11.1 Å². The number of amides is 2. The van der Waals surface area contributed by atoms with Gasteiger partial charge < -0.3 is 10.1 Å². The van der Waals surface area contributed by atoms with Crippen LogP contribution < -0.4 is 10.1 Å². The van der Waals surface area contributed by atoms with E-state index in [2.05, 4.69) is 5.32 Å². The summed E-state index contributed by atoms with van der Waals surface area (Å²) in [4.78, 5) is 28.0. The number of imide groups is 1. The molecule has 0 aliphatic carbocycles. The number of methoxy groups -OCH3 is 1. The zero-order valence-corrected chi connectivity index (χ0v) is 18.9. The van der Waals surface area contributed by atoms with Gasteiger partial charge in [0.05, 0.1) is 12.7 Å². The molecular weight excluding hydrogens is 443 g/mol. The second kappa shape index (κ2) is 9.46. The predicted molar refractivity (Wildman–Crippen MR) is 127 cm³/mol. The molecule has 1 aliphatic heterocycles. The molecule has 4 rings (SSSR count). The number of hydrogen-bond acceptors (Lipinski definition) is 4. The smallest absolute Gasteiger partial charge is 0.278 e. The van der Waals surface area contributed by atoms with Crippen LogP contribution in [-0.2, 0) is 16.0 Å². The highest BCUT2D eigenvalue weighted by atomic mass is 35.5. The first-order valence-electron chi connectivity index (χ1n) is 10.4. The Bertz CT molecular complexity index is 1240. The lowest BCUT2D eigenvalue weighted by molar-refractivity contribution is -0.136. The molecule has 33 heavy (non-hydrogen) atoms. The van der Waals surface area contributed by atoms with Gasteiger partial charge in [-0.05, 0) is 66.4 Å². The minimum Gasteiger partial charge on any atom is -0.497 e. The number of nitrogens with zero attached hydrogens (tertiary/aromatic N) is 1. The summed E-state index contributed by atoms with van der Waals surface area (Å²) in [5, 5.41) is 3.66.